The predicted octanol–water partition coefficient (Wildman–Crippen LogP) is 9.96. The zero-order valence-corrected chi connectivity index (χ0v) is 26.5. The molecule has 3 nitrogen and oxygen atoms in total. The molecule has 2 unspecified atom stereocenters. The summed E-state index contributed by atoms with van der Waals surface area (Å²) in [5, 5.41) is 2.49. The second-order valence-electron chi connectivity index (χ2n) is 13.4. The van der Waals surface area contributed by atoms with E-state index in [0.29, 0.717) is 17.9 Å². The van der Waals surface area contributed by atoms with Gasteiger partial charge in [0.15, 0.2) is 25.0 Å². The van der Waals surface area contributed by atoms with Gasteiger partial charge in [-0.3, -0.25) is 0 Å². The van der Waals surface area contributed by atoms with Crippen LogP contribution in [0.5, 0.6) is 0 Å². The minimum absolute atomic E-state index is 0.372. The molecule has 3 heteroatoms. The minimum Gasteiger partial charge on any atom is -0.455 e. The van der Waals surface area contributed by atoms with Crippen molar-refractivity contribution in [3.05, 3.63) is 144 Å². The van der Waals surface area contributed by atoms with Gasteiger partial charge in [-0.2, -0.15) is 9.13 Å². The van der Waals surface area contributed by atoms with E-state index < -0.39 is 0 Å². The molecule has 0 fully saturated rings. The van der Waals surface area contributed by atoms with Crippen LogP contribution in [0.25, 0.3) is 55.6 Å². The van der Waals surface area contributed by atoms with Crippen molar-refractivity contribution in [1.29, 1.82) is 0 Å². The monoisotopic (exact) mass is 598 g/mol. The Morgan fingerprint density at radius 1 is 0.717 bits per heavy atom. The summed E-state index contributed by atoms with van der Waals surface area (Å²) in [6, 6.07) is 42.9. The average molecular weight is 599 g/mol. The summed E-state index contributed by atoms with van der Waals surface area (Å²) in [6.07, 6.45) is 7.68. The molecule has 0 saturated carbocycles. The lowest BCUT2D eigenvalue weighted by Gasteiger charge is -2.31. The van der Waals surface area contributed by atoms with Crippen LogP contribution in [-0.2, 0) is 13.0 Å². The minimum atomic E-state index is 0.372. The number of benzene rings is 4. The van der Waals surface area contributed by atoms with Crippen molar-refractivity contribution < 1.29 is 13.6 Å². The summed E-state index contributed by atoms with van der Waals surface area (Å²) in [5.41, 5.74) is 13.9. The number of rotatable bonds is 2. The Bertz CT molecular complexity index is 2260. The lowest BCUT2D eigenvalue weighted by Crippen LogP contribution is -2.50. The predicted molar refractivity (Wildman–Crippen MR) is 186 cm³/mol. The number of aromatic nitrogens is 2. The van der Waals surface area contributed by atoms with E-state index in [2.05, 4.69) is 151 Å². The van der Waals surface area contributed by atoms with Gasteiger partial charge in [-0.15, -0.1) is 0 Å². The maximum atomic E-state index is 6.81. The zero-order valence-electron chi connectivity index (χ0n) is 26.5. The SMILES string of the molecule is CC(C)c1cccc2oc3c4c(ccc3c12)CCC1c2ccc(-c3ccccc3)cc2-c2cccc[n+]2C1CC[n+]1ccccc1-4. The molecular weight excluding hydrogens is 560 g/mol. The Labute approximate surface area is 270 Å². The third kappa shape index (κ3) is 4.25. The number of hydrogen-bond acceptors (Lipinski definition) is 1. The first-order valence-corrected chi connectivity index (χ1v) is 16.8. The van der Waals surface area contributed by atoms with E-state index in [0.717, 1.165) is 37.0 Å². The van der Waals surface area contributed by atoms with Crippen LogP contribution in [0, 0.1) is 0 Å². The molecule has 2 atom stereocenters. The van der Waals surface area contributed by atoms with Crippen LogP contribution >= 0.6 is 0 Å². The lowest BCUT2D eigenvalue weighted by molar-refractivity contribution is -0.738. The molecule has 4 aromatic carbocycles. The van der Waals surface area contributed by atoms with E-state index in [9.17, 15) is 0 Å². The molecule has 0 amide bonds. The Morgan fingerprint density at radius 2 is 1.54 bits per heavy atom. The highest BCUT2D eigenvalue weighted by atomic mass is 16.3. The van der Waals surface area contributed by atoms with Gasteiger partial charge in [-0.05, 0) is 70.8 Å². The molecule has 0 aliphatic carbocycles. The molecule has 0 bridgehead atoms. The van der Waals surface area contributed by atoms with Gasteiger partial charge >= 0.3 is 0 Å². The van der Waals surface area contributed by atoms with Crippen LogP contribution in [0.3, 0.4) is 0 Å². The number of furan rings is 1. The fraction of sp³-hybridized carbons (Fsp3) is 0.209. The number of fused-ring (bicyclic) bond motifs is 13. The van der Waals surface area contributed by atoms with E-state index >= 15 is 0 Å². The van der Waals surface area contributed by atoms with Gasteiger partial charge in [0.2, 0.25) is 11.4 Å². The van der Waals surface area contributed by atoms with Gasteiger partial charge in [-0.1, -0.05) is 80.6 Å². The topological polar surface area (TPSA) is 20.9 Å². The quantitative estimate of drug-likeness (QED) is 0.181. The van der Waals surface area contributed by atoms with Crippen molar-refractivity contribution in [2.45, 2.75) is 57.5 Å². The normalized spacial score (nSPS) is 17.2. The molecule has 0 spiro atoms. The summed E-state index contributed by atoms with van der Waals surface area (Å²) >= 11 is 0. The molecule has 5 heterocycles. The molecular formula is C43H38N2O+2. The summed E-state index contributed by atoms with van der Waals surface area (Å²) < 4.78 is 11.9. The van der Waals surface area contributed by atoms with E-state index in [-0.39, 0.29) is 0 Å². The van der Waals surface area contributed by atoms with Gasteiger partial charge in [0.05, 0.1) is 17.5 Å². The largest absolute Gasteiger partial charge is 0.455 e. The highest BCUT2D eigenvalue weighted by molar-refractivity contribution is 6.11. The van der Waals surface area contributed by atoms with Crippen LogP contribution < -0.4 is 9.13 Å². The van der Waals surface area contributed by atoms with Crippen molar-refractivity contribution in [2.75, 3.05) is 0 Å². The van der Waals surface area contributed by atoms with Crippen molar-refractivity contribution >= 4 is 21.9 Å². The average Bonchev–Trinajstić information content (AvgIpc) is 3.49. The molecule has 224 valence electrons. The molecule has 0 radical (unpaired) electrons. The fourth-order valence-corrected chi connectivity index (χ4v) is 8.38. The van der Waals surface area contributed by atoms with E-state index in [1.165, 1.54) is 61.1 Å². The van der Waals surface area contributed by atoms with Gasteiger partial charge in [0, 0.05) is 41.0 Å². The van der Waals surface area contributed by atoms with E-state index in [1.54, 1.807) is 0 Å². The molecule has 0 N–H and O–H groups in total. The Hall–Kier alpha value is -5.02. The maximum absolute atomic E-state index is 6.81. The molecule has 7 aromatic rings. The summed E-state index contributed by atoms with van der Waals surface area (Å²) in [6.45, 7) is 5.48. The van der Waals surface area contributed by atoms with Crippen LogP contribution in [0.4, 0.5) is 0 Å². The number of pyridine rings is 2. The van der Waals surface area contributed by atoms with Crippen LogP contribution in [0.1, 0.15) is 61.3 Å². The van der Waals surface area contributed by atoms with E-state index in [4.69, 9.17) is 4.42 Å². The molecule has 46 heavy (non-hydrogen) atoms. The first kappa shape index (κ1) is 27.3. The number of aryl methyl sites for hydroxylation is 2. The van der Waals surface area contributed by atoms with Gasteiger partial charge < -0.3 is 4.42 Å². The maximum Gasteiger partial charge on any atom is 0.216 e. The summed E-state index contributed by atoms with van der Waals surface area (Å²) in [7, 11) is 0. The van der Waals surface area contributed by atoms with Gasteiger partial charge in [0.25, 0.3) is 0 Å². The van der Waals surface area contributed by atoms with Gasteiger partial charge in [-0.25, -0.2) is 0 Å². The molecule has 2 aliphatic rings. The molecule has 2 aliphatic heterocycles. The highest BCUT2D eigenvalue weighted by Crippen LogP contribution is 2.46. The van der Waals surface area contributed by atoms with Crippen LogP contribution in [0.2, 0.25) is 0 Å². The third-order valence-corrected chi connectivity index (χ3v) is 10.5. The van der Waals surface area contributed by atoms with Crippen molar-refractivity contribution in [2.24, 2.45) is 0 Å². The summed E-state index contributed by atoms with van der Waals surface area (Å²) in [4.78, 5) is 0. The summed E-state index contributed by atoms with van der Waals surface area (Å²) in [5.74, 6) is 0.823. The Balaban J connectivity index is 1.23. The van der Waals surface area contributed by atoms with Crippen LogP contribution in [-0.4, -0.2) is 0 Å². The molecule has 3 aromatic heterocycles. The molecule has 9 rings (SSSR count). The lowest BCUT2D eigenvalue weighted by atomic mass is 9.77. The van der Waals surface area contributed by atoms with Gasteiger partial charge in [0.1, 0.15) is 11.2 Å². The highest BCUT2D eigenvalue weighted by Gasteiger charge is 2.41. The second-order valence-corrected chi connectivity index (χ2v) is 13.4. The Morgan fingerprint density at radius 3 is 2.41 bits per heavy atom. The van der Waals surface area contributed by atoms with Crippen molar-refractivity contribution in [3.63, 3.8) is 0 Å². The number of hydrogen-bond donors (Lipinski definition) is 0. The first-order chi connectivity index (χ1) is 22.7. The Kier molecular flexibility index (Phi) is 6.41. The third-order valence-electron chi connectivity index (χ3n) is 10.5. The second kappa shape index (κ2) is 10.8. The fourth-order valence-electron chi connectivity index (χ4n) is 8.38. The standard InChI is InChI=1S/C43H38N2O/c1-28(2)32-13-10-16-40-42(32)35-22-18-30-17-21-34-33-20-19-31(29-11-4-3-5-12-29)27-36(33)37-14-7-9-25-45(37)38(34)23-26-44-24-8-6-15-39(44)41(30)43(35)46-40/h3-16,18-20,22,24-25,27-28,34,38H,17,21,23,26H2,1-2H3/q+2. The van der Waals surface area contributed by atoms with E-state index in [1.807, 2.05) is 0 Å². The smallest absolute Gasteiger partial charge is 0.216 e. The van der Waals surface area contributed by atoms with Crippen LogP contribution in [0.15, 0.2) is 132 Å². The number of nitrogens with zero attached hydrogens (tertiary/aromatic N) is 2. The zero-order chi connectivity index (χ0) is 30.8. The van der Waals surface area contributed by atoms with Crippen molar-refractivity contribution in [3.8, 4) is 33.6 Å². The first-order valence-electron chi connectivity index (χ1n) is 16.8. The molecule has 0 saturated heterocycles. The van der Waals surface area contributed by atoms with Crippen molar-refractivity contribution in [1.82, 2.24) is 0 Å².